The van der Waals surface area contributed by atoms with Crippen LogP contribution in [0, 0.1) is 0 Å². The van der Waals surface area contributed by atoms with Crippen molar-refractivity contribution < 1.29 is 9.59 Å². The summed E-state index contributed by atoms with van der Waals surface area (Å²) >= 11 is 6.05. The van der Waals surface area contributed by atoms with Crippen molar-refractivity contribution in [2.24, 2.45) is 0 Å². The number of nitrogens with zero attached hydrogens (tertiary/aromatic N) is 4. The van der Waals surface area contributed by atoms with E-state index in [-0.39, 0.29) is 12.6 Å². The number of carbonyl (C=O) groups excluding carboxylic acids is 2. The number of carbonyl (C=O) groups is 2. The van der Waals surface area contributed by atoms with E-state index in [1.54, 1.807) is 24.3 Å². The van der Waals surface area contributed by atoms with Crippen LogP contribution in [0.25, 0.3) is 11.4 Å². The summed E-state index contributed by atoms with van der Waals surface area (Å²) in [4.78, 5) is 24.3. The molecule has 1 aromatic carbocycles. The maximum atomic E-state index is 11.7. The lowest BCUT2D eigenvalue weighted by molar-refractivity contribution is -0.121. The fraction of sp³-hybridized carbons (Fsp3) is 0.308. The zero-order valence-electron chi connectivity index (χ0n) is 11.5. The molecule has 1 saturated carbocycles. The summed E-state index contributed by atoms with van der Waals surface area (Å²) in [5, 5.41) is 17.1. The summed E-state index contributed by atoms with van der Waals surface area (Å²) in [6.45, 7) is -0.199. The van der Waals surface area contributed by atoms with Crippen molar-refractivity contribution in [1.29, 1.82) is 0 Å². The highest BCUT2D eigenvalue weighted by molar-refractivity contribution is 6.33. The van der Waals surface area contributed by atoms with Gasteiger partial charge in [0.25, 0.3) is 5.91 Å². The minimum atomic E-state index is -0.513. The van der Waals surface area contributed by atoms with Gasteiger partial charge in [0.15, 0.2) is 0 Å². The first-order valence-electron chi connectivity index (χ1n) is 6.75. The van der Waals surface area contributed by atoms with Crippen LogP contribution in [0.15, 0.2) is 24.3 Å². The number of nitrogens with one attached hydrogen (secondary N) is 2. The Morgan fingerprint density at radius 1 is 1.32 bits per heavy atom. The first-order valence-corrected chi connectivity index (χ1v) is 7.12. The van der Waals surface area contributed by atoms with Crippen LogP contribution in [0.3, 0.4) is 0 Å². The molecule has 1 fully saturated rings. The molecule has 0 saturated heterocycles. The Balaban J connectivity index is 1.60. The Morgan fingerprint density at radius 2 is 2.09 bits per heavy atom. The van der Waals surface area contributed by atoms with E-state index in [4.69, 9.17) is 11.6 Å². The minimum Gasteiger partial charge on any atom is -0.335 e. The summed E-state index contributed by atoms with van der Waals surface area (Å²) in [7, 11) is 0. The van der Waals surface area contributed by atoms with Crippen LogP contribution in [-0.2, 0) is 11.3 Å². The van der Waals surface area contributed by atoms with E-state index in [2.05, 4.69) is 26.0 Å². The van der Waals surface area contributed by atoms with Crippen LogP contribution in [0.1, 0.15) is 12.8 Å². The van der Waals surface area contributed by atoms with Crippen molar-refractivity contribution in [1.82, 2.24) is 30.8 Å². The second-order valence-corrected chi connectivity index (χ2v) is 5.33. The summed E-state index contributed by atoms with van der Waals surface area (Å²) in [6.07, 6.45) is 1.90. The summed E-state index contributed by atoms with van der Waals surface area (Å²) in [5.41, 5.74) is 0.627. The standard InChI is InChI=1S/C13H13ClN6O2/c14-10-4-2-1-3-9(10)12-17-19-20(18-12)7-11(21)16-13(22)15-8-5-6-8/h1-4,8H,5-7H2,(H2,15,16,21,22). The third-order valence-corrected chi connectivity index (χ3v) is 3.35. The maximum absolute atomic E-state index is 11.7. The van der Waals surface area contributed by atoms with E-state index in [1.807, 2.05) is 0 Å². The number of tetrazole rings is 1. The number of imide groups is 1. The number of hydrogen-bond acceptors (Lipinski definition) is 5. The van der Waals surface area contributed by atoms with Crippen LogP contribution in [0.5, 0.6) is 0 Å². The zero-order valence-corrected chi connectivity index (χ0v) is 12.2. The molecule has 0 aliphatic heterocycles. The maximum Gasteiger partial charge on any atom is 0.321 e. The van der Waals surface area contributed by atoms with Crippen molar-refractivity contribution in [3.05, 3.63) is 29.3 Å². The predicted molar refractivity (Wildman–Crippen MR) is 78.0 cm³/mol. The number of hydrogen-bond donors (Lipinski definition) is 2. The van der Waals surface area contributed by atoms with Gasteiger partial charge < -0.3 is 5.32 Å². The van der Waals surface area contributed by atoms with E-state index < -0.39 is 11.9 Å². The monoisotopic (exact) mass is 320 g/mol. The largest absolute Gasteiger partial charge is 0.335 e. The highest BCUT2D eigenvalue weighted by Gasteiger charge is 2.24. The molecule has 114 valence electrons. The zero-order chi connectivity index (χ0) is 15.5. The van der Waals surface area contributed by atoms with Crippen molar-refractivity contribution in [3.63, 3.8) is 0 Å². The molecule has 2 N–H and O–H groups in total. The average Bonchev–Trinajstić information content (AvgIpc) is 3.16. The van der Waals surface area contributed by atoms with Gasteiger partial charge in [0.05, 0.1) is 5.02 Å². The molecule has 0 unspecified atom stereocenters. The van der Waals surface area contributed by atoms with Crippen molar-refractivity contribution in [3.8, 4) is 11.4 Å². The van der Waals surface area contributed by atoms with Gasteiger partial charge in [0.1, 0.15) is 6.54 Å². The average molecular weight is 321 g/mol. The summed E-state index contributed by atoms with van der Waals surface area (Å²) < 4.78 is 0. The van der Waals surface area contributed by atoms with Gasteiger partial charge in [-0.05, 0) is 30.2 Å². The Hall–Kier alpha value is -2.48. The SMILES string of the molecule is O=C(Cn1nnc(-c2ccccc2Cl)n1)NC(=O)NC1CC1. The van der Waals surface area contributed by atoms with E-state index in [9.17, 15) is 9.59 Å². The van der Waals surface area contributed by atoms with Crippen molar-refractivity contribution >= 4 is 23.5 Å². The van der Waals surface area contributed by atoms with Gasteiger partial charge in [0.2, 0.25) is 5.82 Å². The highest BCUT2D eigenvalue weighted by Crippen LogP contribution is 2.23. The fourth-order valence-corrected chi connectivity index (χ4v) is 2.02. The third kappa shape index (κ3) is 3.59. The third-order valence-electron chi connectivity index (χ3n) is 3.02. The number of urea groups is 1. The smallest absolute Gasteiger partial charge is 0.321 e. The molecule has 1 heterocycles. The molecule has 0 atom stereocenters. The summed E-state index contributed by atoms with van der Waals surface area (Å²) in [6, 6.07) is 6.75. The number of aromatic nitrogens is 4. The van der Waals surface area contributed by atoms with Gasteiger partial charge in [0, 0.05) is 11.6 Å². The van der Waals surface area contributed by atoms with E-state index in [0.717, 1.165) is 17.6 Å². The fourth-order valence-electron chi connectivity index (χ4n) is 1.80. The number of halogens is 1. The molecule has 2 aromatic rings. The Morgan fingerprint density at radius 3 is 2.82 bits per heavy atom. The quantitative estimate of drug-likeness (QED) is 0.874. The molecule has 8 nitrogen and oxygen atoms in total. The second kappa shape index (κ2) is 6.10. The minimum absolute atomic E-state index is 0.184. The molecule has 22 heavy (non-hydrogen) atoms. The topological polar surface area (TPSA) is 102 Å². The molecule has 9 heteroatoms. The predicted octanol–water partition coefficient (Wildman–Crippen LogP) is 0.982. The Kier molecular flexibility index (Phi) is 4.01. The molecule has 0 bridgehead atoms. The van der Waals surface area contributed by atoms with Gasteiger partial charge in [-0.1, -0.05) is 23.7 Å². The number of benzene rings is 1. The number of rotatable bonds is 4. The molecule has 1 aliphatic carbocycles. The van der Waals surface area contributed by atoms with Crippen LogP contribution in [0.4, 0.5) is 4.79 Å². The van der Waals surface area contributed by atoms with Gasteiger partial charge in [-0.15, -0.1) is 10.2 Å². The van der Waals surface area contributed by atoms with Crippen molar-refractivity contribution in [2.75, 3.05) is 0 Å². The van der Waals surface area contributed by atoms with E-state index in [0.29, 0.717) is 16.4 Å². The van der Waals surface area contributed by atoms with Crippen molar-refractivity contribution in [2.45, 2.75) is 25.4 Å². The van der Waals surface area contributed by atoms with Crippen LogP contribution < -0.4 is 10.6 Å². The lowest BCUT2D eigenvalue weighted by Crippen LogP contribution is -2.42. The molecule has 0 spiro atoms. The molecule has 1 aliphatic rings. The Bertz CT molecular complexity index is 712. The molecular formula is C13H13ClN6O2. The molecule has 1 aromatic heterocycles. The number of amides is 3. The molecule has 0 radical (unpaired) electrons. The van der Waals surface area contributed by atoms with Crippen LogP contribution in [-0.4, -0.2) is 38.2 Å². The van der Waals surface area contributed by atoms with Crippen LogP contribution >= 0.6 is 11.6 Å². The molecule has 3 rings (SSSR count). The van der Waals surface area contributed by atoms with Gasteiger partial charge in [-0.3, -0.25) is 10.1 Å². The molecule has 3 amide bonds. The summed E-state index contributed by atoms with van der Waals surface area (Å²) in [5.74, 6) is -0.193. The van der Waals surface area contributed by atoms with Gasteiger partial charge in [-0.25, -0.2) is 4.79 Å². The Labute approximate surface area is 130 Å². The lowest BCUT2D eigenvalue weighted by Gasteiger charge is -2.04. The van der Waals surface area contributed by atoms with Gasteiger partial charge >= 0.3 is 6.03 Å². The first kappa shape index (κ1) is 14.5. The lowest BCUT2D eigenvalue weighted by atomic mass is 10.2. The van der Waals surface area contributed by atoms with E-state index >= 15 is 0 Å². The second-order valence-electron chi connectivity index (χ2n) is 4.92. The molecular weight excluding hydrogens is 308 g/mol. The van der Waals surface area contributed by atoms with Gasteiger partial charge in [-0.2, -0.15) is 4.80 Å². The van der Waals surface area contributed by atoms with Crippen LogP contribution in [0.2, 0.25) is 5.02 Å². The highest BCUT2D eigenvalue weighted by atomic mass is 35.5. The normalized spacial score (nSPS) is 13.7. The first-order chi connectivity index (χ1) is 10.6. The van der Waals surface area contributed by atoms with E-state index in [1.165, 1.54) is 0 Å².